The van der Waals surface area contributed by atoms with Crippen molar-refractivity contribution in [3.63, 3.8) is 0 Å². The molecule has 0 aromatic carbocycles. The Morgan fingerprint density at radius 2 is 2.32 bits per heavy atom. The van der Waals surface area contributed by atoms with Gasteiger partial charge in [-0.15, -0.1) is 11.3 Å². The Balaban J connectivity index is 1.55. The van der Waals surface area contributed by atoms with Gasteiger partial charge >= 0.3 is 0 Å². The lowest BCUT2D eigenvalue weighted by Gasteiger charge is -2.36. The van der Waals surface area contributed by atoms with Crippen molar-refractivity contribution in [2.24, 2.45) is 5.92 Å². The maximum Gasteiger partial charge on any atom is 0.254 e. The second-order valence-corrected chi connectivity index (χ2v) is 8.18. The van der Waals surface area contributed by atoms with Gasteiger partial charge in [0.2, 0.25) is 0 Å². The van der Waals surface area contributed by atoms with Gasteiger partial charge in [-0.05, 0) is 57.2 Å². The predicted molar refractivity (Wildman–Crippen MR) is 98.9 cm³/mol. The molecule has 0 spiro atoms. The van der Waals surface area contributed by atoms with Crippen molar-refractivity contribution in [1.82, 2.24) is 20.1 Å². The fourth-order valence-electron chi connectivity index (χ4n) is 3.98. The van der Waals surface area contributed by atoms with E-state index >= 15 is 0 Å². The molecule has 2 aliphatic rings. The minimum atomic E-state index is -0.618. The molecule has 4 rings (SSSR count). The Bertz CT molecular complexity index is 733. The molecule has 2 N–H and O–H groups in total. The van der Waals surface area contributed by atoms with Gasteiger partial charge in [0.15, 0.2) is 5.13 Å². The predicted octanol–water partition coefficient (Wildman–Crippen LogP) is 2.57. The van der Waals surface area contributed by atoms with Gasteiger partial charge in [0, 0.05) is 17.3 Å². The van der Waals surface area contributed by atoms with E-state index < -0.39 is 5.54 Å². The normalized spacial score (nSPS) is 22.4. The van der Waals surface area contributed by atoms with Gasteiger partial charge in [0.05, 0.1) is 5.69 Å². The molecule has 1 aliphatic carbocycles. The van der Waals surface area contributed by atoms with Gasteiger partial charge in [-0.3, -0.25) is 14.8 Å². The van der Waals surface area contributed by atoms with Crippen LogP contribution in [-0.2, 0) is 23.2 Å². The number of piperidine rings is 1. The summed E-state index contributed by atoms with van der Waals surface area (Å²) >= 11 is 1.65. The summed E-state index contributed by atoms with van der Waals surface area (Å²) in [4.78, 5) is 19.2. The lowest BCUT2D eigenvalue weighted by atomic mass is 9.87. The van der Waals surface area contributed by atoms with E-state index in [1.165, 1.54) is 23.4 Å². The van der Waals surface area contributed by atoms with Gasteiger partial charge < -0.3 is 5.32 Å². The number of thiazole rings is 1. The van der Waals surface area contributed by atoms with Crippen molar-refractivity contribution in [1.29, 1.82) is 0 Å². The highest BCUT2D eigenvalue weighted by atomic mass is 32.1. The monoisotopic (exact) mass is 359 g/mol. The minimum Gasteiger partial charge on any atom is -0.317 e. The largest absolute Gasteiger partial charge is 0.317 e. The maximum absolute atomic E-state index is 13.2. The summed E-state index contributed by atoms with van der Waals surface area (Å²) < 4.78 is 1.82. The Labute approximate surface area is 152 Å². The Morgan fingerprint density at radius 1 is 1.48 bits per heavy atom. The van der Waals surface area contributed by atoms with Gasteiger partial charge in [-0.2, -0.15) is 5.10 Å². The zero-order valence-corrected chi connectivity index (χ0v) is 15.4. The first kappa shape index (κ1) is 16.7. The number of aryl methyl sites for hydroxylation is 1. The number of hydrogen-bond donors (Lipinski definition) is 2. The summed E-state index contributed by atoms with van der Waals surface area (Å²) in [6, 6.07) is 1.88. The summed E-state index contributed by atoms with van der Waals surface area (Å²) in [5.41, 5.74) is 0.566. The maximum atomic E-state index is 13.2. The number of carbonyl (C=O) groups excluding carboxylic acids is 1. The first-order chi connectivity index (χ1) is 12.2. The van der Waals surface area contributed by atoms with Crippen LogP contribution in [0, 0.1) is 5.92 Å². The van der Waals surface area contributed by atoms with Crippen molar-refractivity contribution >= 4 is 22.4 Å². The van der Waals surface area contributed by atoms with Crippen LogP contribution in [0.3, 0.4) is 0 Å². The van der Waals surface area contributed by atoms with E-state index in [1.807, 2.05) is 16.9 Å². The molecular formula is C18H25N5OS. The van der Waals surface area contributed by atoms with Crippen LogP contribution in [0.2, 0.25) is 0 Å². The van der Waals surface area contributed by atoms with E-state index in [0.29, 0.717) is 0 Å². The Morgan fingerprint density at radius 3 is 3.04 bits per heavy atom. The average molecular weight is 359 g/mol. The van der Waals surface area contributed by atoms with Gasteiger partial charge in [-0.25, -0.2) is 4.98 Å². The van der Waals surface area contributed by atoms with Crippen molar-refractivity contribution in [3.8, 4) is 0 Å². The topological polar surface area (TPSA) is 71.8 Å². The molecule has 2 aromatic heterocycles. The SMILES string of the molecule is CCC1CCc2nc(NC(=O)C3(n4cccn4)CCNCC3)sc2C1. The number of aromatic nitrogens is 3. The van der Waals surface area contributed by atoms with Crippen LogP contribution in [-0.4, -0.2) is 33.8 Å². The van der Waals surface area contributed by atoms with E-state index in [1.54, 1.807) is 17.5 Å². The van der Waals surface area contributed by atoms with E-state index in [9.17, 15) is 4.79 Å². The van der Waals surface area contributed by atoms with Gasteiger partial charge in [-0.1, -0.05) is 13.3 Å². The lowest BCUT2D eigenvalue weighted by molar-refractivity contribution is -0.126. The summed E-state index contributed by atoms with van der Waals surface area (Å²) in [6.07, 6.45) is 9.68. The number of hydrogen-bond acceptors (Lipinski definition) is 5. The van der Waals surface area contributed by atoms with Crippen LogP contribution in [0.4, 0.5) is 5.13 Å². The summed E-state index contributed by atoms with van der Waals surface area (Å²) in [7, 11) is 0. The van der Waals surface area contributed by atoms with E-state index in [4.69, 9.17) is 4.98 Å². The minimum absolute atomic E-state index is 0.0100. The third-order valence-corrected chi connectivity index (χ3v) is 6.67. The van der Waals surface area contributed by atoms with Crippen LogP contribution in [0.1, 0.15) is 43.2 Å². The summed E-state index contributed by atoms with van der Waals surface area (Å²) in [6.45, 7) is 3.89. The number of rotatable bonds is 4. The highest BCUT2D eigenvalue weighted by Gasteiger charge is 2.42. The molecule has 7 heteroatoms. The zero-order valence-electron chi connectivity index (χ0n) is 14.6. The van der Waals surface area contributed by atoms with Crippen LogP contribution < -0.4 is 10.6 Å². The molecule has 6 nitrogen and oxygen atoms in total. The Hall–Kier alpha value is -1.73. The highest BCUT2D eigenvalue weighted by molar-refractivity contribution is 7.15. The molecule has 1 fully saturated rings. The van der Waals surface area contributed by atoms with Crippen LogP contribution in [0.15, 0.2) is 18.5 Å². The molecule has 134 valence electrons. The molecular weight excluding hydrogens is 334 g/mol. The number of nitrogens with zero attached hydrogens (tertiary/aromatic N) is 3. The van der Waals surface area contributed by atoms with E-state index in [0.717, 1.165) is 49.8 Å². The molecule has 2 aromatic rings. The third-order valence-electron chi connectivity index (χ3n) is 5.64. The quantitative estimate of drug-likeness (QED) is 0.880. The van der Waals surface area contributed by atoms with Crippen molar-refractivity contribution in [2.75, 3.05) is 18.4 Å². The summed E-state index contributed by atoms with van der Waals surface area (Å²) in [5, 5.41) is 11.6. The molecule has 1 saturated heterocycles. The van der Waals surface area contributed by atoms with Crippen LogP contribution in [0.5, 0.6) is 0 Å². The van der Waals surface area contributed by atoms with Crippen molar-refractivity contribution in [3.05, 3.63) is 29.0 Å². The first-order valence-electron chi connectivity index (χ1n) is 9.22. The fourth-order valence-corrected chi connectivity index (χ4v) is 5.10. The molecule has 1 amide bonds. The fraction of sp³-hybridized carbons (Fsp3) is 0.611. The third kappa shape index (κ3) is 3.11. The van der Waals surface area contributed by atoms with Crippen LogP contribution in [0.25, 0.3) is 0 Å². The average Bonchev–Trinajstić information content (AvgIpc) is 3.31. The molecule has 3 heterocycles. The lowest BCUT2D eigenvalue weighted by Crippen LogP contribution is -2.52. The van der Waals surface area contributed by atoms with Crippen molar-refractivity contribution in [2.45, 2.75) is 51.0 Å². The van der Waals surface area contributed by atoms with Crippen LogP contribution >= 0.6 is 11.3 Å². The molecule has 1 atom stereocenters. The standard InChI is InChI=1S/C18H25N5OS/c1-2-13-4-5-14-15(12-13)25-17(21-14)22-16(24)18(6-9-19-10-7-18)23-11-3-8-20-23/h3,8,11,13,19H,2,4-7,9-10,12H2,1H3,(H,21,22,24). The highest BCUT2D eigenvalue weighted by Crippen LogP contribution is 2.35. The smallest absolute Gasteiger partial charge is 0.254 e. The van der Waals surface area contributed by atoms with E-state index in [-0.39, 0.29) is 5.91 Å². The molecule has 0 saturated carbocycles. The molecule has 0 bridgehead atoms. The van der Waals surface area contributed by atoms with Crippen molar-refractivity contribution < 1.29 is 4.79 Å². The second kappa shape index (κ2) is 6.88. The van der Waals surface area contributed by atoms with Gasteiger partial charge in [0.25, 0.3) is 5.91 Å². The van der Waals surface area contributed by atoms with Gasteiger partial charge in [0.1, 0.15) is 5.54 Å². The number of amides is 1. The molecule has 1 aliphatic heterocycles. The first-order valence-corrected chi connectivity index (χ1v) is 10.0. The number of carbonyl (C=O) groups is 1. The number of nitrogens with one attached hydrogen (secondary N) is 2. The summed E-state index contributed by atoms with van der Waals surface area (Å²) in [5.74, 6) is 0.771. The zero-order chi connectivity index (χ0) is 17.3. The Kier molecular flexibility index (Phi) is 4.60. The molecule has 0 radical (unpaired) electrons. The molecule has 1 unspecified atom stereocenters. The van der Waals surface area contributed by atoms with E-state index in [2.05, 4.69) is 22.7 Å². The number of anilines is 1. The second-order valence-electron chi connectivity index (χ2n) is 7.09. The molecule has 25 heavy (non-hydrogen) atoms. The number of fused-ring (bicyclic) bond motifs is 1.